The standard InChI is InChI=1S/C17H14F6N4O2/c1-8-14(9(2)29-27-8)11(7-28)6-25-26-15(24)10-3-12(16(18,19)20)5-13(4-10)17(21,22)23/h3-7,25H,1-2H3,(H2,24,26)/b11-6-. The lowest BCUT2D eigenvalue weighted by molar-refractivity contribution is -0.143. The molecule has 2 rings (SSSR count). The quantitative estimate of drug-likeness (QED) is 0.192. The van der Waals surface area contributed by atoms with E-state index in [1.54, 1.807) is 13.8 Å². The number of hydrogen-bond acceptors (Lipinski definition) is 5. The number of nitrogens with zero attached hydrogens (tertiary/aromatic N) is 2. The van der Waals surface area contributed by atoms with Gasteiger partial charge in [0.15, 0.2) is 12.1 Å². The van der Waals surface area contributed by atoms with E-state index in [2.05, 4.69) is 15.7 Å². The molecule has 0 atom stereocenters. The molecule has 0 saturated carbocycles. The van der Waals surface area contributed by atoms with E-state index in [1.807, 2.05) is 0 Å². The minimum absolute atomic E-state index is 0.0218. The number of aromatic nitrogens is 1. The Morgan fingerprint density at radius 3 is 2.07 bits per heavy atom. The number of aldehydes is 1. The molecule has 0 fully saturated rings. The molecule has 0 aliphatic heterocycles. The van der Waals surface area contributed by atoms with Gasteiger partial charge in [0.25, 0.3) is 0 Å². The summed E-state index contributed by atoms with van der Waals surface area (Å²) in [6.07, 6.45) is -8.53. The Labute approximate surface area is 160 Å². The summed E-state index contributed by atoms with van der Waals surface area (Å²) in [5.74, 6) is -0.325. The third kappa shape index (κ3) is 5.15. The predicted molar refractivity (Wildman–Crippen MR) is 90.3 cm³/mol. The summed E-state index contributed by atoms with van der Waals surface area (Å²) in [6, 6.07) is 0.856. The van der Waals surface area contributed by atoms with Crippen molar-refractivity contribution in [3.8, 4) is 0 Å². The Morgan fingerprint density at radius 2 is 1.66 bits per heavy atom. The summed E-state index contributed by atoms with van der Waals surface area (Å²) < 4.78 is 82.4. The number of alkyl halides is 6. The number of amidine groups is 1. The van der Waals surface area contributed by atoms with Gasteiger partial charge in [-0.3, -0.25) is 10.2 Å². The van der Waals surface area contributed by atoms with Gasteiger partial charge in [0.1, 0.15) is 5.76 Å². The van der Waals surface area contributed by atoms with Crippen LogP contribution in [-0.4, -0.2) is 17.3 Å². The number of nitrogens with one attached hydrogen (secondary N) is 1. The topological polar surface area (TPSA) is 93.5 Å². The Hall–Kier alpha value is -3.31. The van der Waals surface area contributed by atoms with Crippen LogP contribution in [0.1, 0.15) is 33.7 Å². The minimum atomic E-state index is -5.02. The van der Waals surface area contributed by atoms with Gasteiger partial charge in [0, 0.05) is 17.3 Å². The molecule has 0 radical (unpaired) electrons. The molecule has 0 aliphatic rings. The number of rotatable bonds is 5. The van der Waals surface area contributed by atoms with Crippen LogP contribution in [-0.2, 0) is 17.1 Å². The summed E-state index contributed by atoms with van der Waals surface area (Å²) in [5, 5.41) is 7.19. The van der Waals surface area contributed by atoms with Crippen LogP contribution in [0.15, 0.2) is 34.0 Å². The normalized spacial score (nSPS) is 13.5. The fourth-order valence-corrected chi connectivity index (χ4v) is 2.40. The maximum atomic E-state index is 12.9. The van der Waals surface area contributed by atoms with E-state index < -0.39 is 34.9 Å². The second-order valence-electron chi connectivity index (χ2n) is 5.84. The van der Waals surface area contributed by atoms with Crippen LogP contribution in [0.2, 0.25) is 0 Å². The molecule has 3 N–H and O–H groups in total. The van der Waals surface area contributed by atoms with Crippen molar-refractivity contribution in [2.75, 3.05) is 0 Å². The maximum absolute atomic E-state index is 12.9. The second-order valence-corrected chi connectivity index (χ2v) is 5.84. The van der Waals surface area contributed by atoms with Gasteiger partial charge in [-0.25, -0.2) is 0 Å². The molecule has 1 aromatic carbocycles. The van der Waals surface area contributed by atoms with Crippen molar-refractivity contribution in [1.82, 2.24) is 10.6 Å². The molecule has 1 aromatic heterocycles. The summed E-state index contributed by atoms with van der Waals surface area (Å²) in [5.41, 5.74) is 4.90. The summed E-state index contributed by atoms with van der Waals surface area (Å²) in [6.45, 7) is 3.12. The van der Waals surface area contributed by atoms with Crippen molar-refractivity contribution in [3.63, 3.8) is 0 Å². The smallest absolute Gasteiger partial charge is 0.382 e. The van der Waals surface area contributed by atoms with Gasteiger partial charge in [0.2, 0.25) is 0 Å². The van der Waals surface area contributed by atoms with Crippen molar-refractivity contribution in [2.45, 2.75) is 26.2 Å². The highest BCUT2D eigenvalue weighted by Gasteiger charge is 2.37. The van der Waals surface area contributed by atoms with Crippen molar-refractivity contribution < 1.29 is 35.7 Å². The van der Waals surface area contributed by atoms with E-state index >= 15 is 0 Å². The van der Waals surface area contributed by atoms with Gasteiger partial charge in [-0.1, -0.05) is 5.16 Å². The van der Waals surface area contributed by atoms with Crippen LogP contribution in [0.4, 0.5) is 26.3 Å². The number of hydrazone groups is 1. The minimum Gasteiger partial charge on any atom is -0.382 e. The lowest BCUT2D eigenvalue weighted by atomic mass is 10.0. The molecule has 6 nitrogen and oxygen atoms in total. The van der Waals surface area contributed by atoms with Gasteiger partial charge in [-0.15, -0.1) is 0 Å². The van der Waals surface area contributed by atoms with Crippen molar-refractivity contribution in [1.29, 1.82) is 0 Å². The van der Waals surface area contributed by atoms with Gasteiger partial charge in [-0.05, 0) is 32.0 Å². The number of carbonyl (C=O) groups excluding carboxylic acids is 1. The molecular weight excluding hydrogens is 406 g/mol. The predicted octanol–water partition coefficient (Wildman–Crippen LogP) is 3.78. The number of nitrogens with two attached hydrogens (primary N) is 1. The Morgan fingerprint density at radius 1 is 1.10 bits per heavy atom. The largest absolute Gasteiger partial charge is 0.416 e. The lowest BCUT2D eigenvalue weighted by Crippen LogP contribution is -2.20. The third-order valence-electron chi connectivity index (χ3n) is 3.74. The zero-order valence-corrected chi connectivity index (χ0v) is 14.9. The molecule has 0 aliphatic carbocycles. The number of allylic oxidation sites excluding steroid dienone is 1. The highest BCUT2D eigenvalue weighted by atomic mass is 19.4. The Balaban J connectivity index is 2.39. The number of carbonyl (C=O) groups is 1. The first kappa shape index (κ1) is 22.0. The van der Waals surface area contributed by atoms with Crippen molar-refractivity contribution >= 4 is 17.7 Å². The van der Waals surface area contributed by atoms with E-state index in [0.29, 0.717) is 35.4 Å². The van der Waals surface area contributed by atoms with Gasteiger partial charge in [-0.2, -0.15) is 31.4 Å². The Bertz CT molecular complexity index is 922. The first-order valence-electron chi connectivity index (χ1n) is 7.81. The van der Waals surface area contributed by atoms with E-state index in [1.165, 1.54) is 0 Å². The van der Waals surface area contributed by atoms with Crippen LogP contribution in [0, 0.1) is 13.8 Å². The number of aryl methyl sites for hydroxylation is 2. The third-order valence-corrected chi connectivity index (χ3v) is 3.74. The zero-order valence-electron chi connectivity index (χ0n) is 14.9. The summed E-state index contributed by atoms with van der Waals surface area (Å²) in [7, 11) is 0. The average molecular weight is 420 g/mol. The number of benzene rings is 1. The molecule has 0 amide bonds. The fraction of sp³-hybridized carbons (Fsp3) is 0.235. The monoisotopic (exact) mass is 420 g/mol. The lowest BCUT2D eigenvalue weighted by Gasteiger charge is -2.14. The van der Waals surface area contributed by atoms with E-state index in [4.69, 9.17) is 10.3 Å². The van der Waals surface area contributed by atoms with Gasteiger partial charge < -0.3 is 10.3 Å². The Kier molecular flexibility index (Phi) is 6.04. The molecule has 0 bridgehead atoms. The SMILES string of the molecule is Cc1noc(C)c1/C(C=O)=C\N/N=C(\N)c1cc(C(F)(F)F)cc(C(F)(F)F)c1. The van der Waals surface area contributed by atoms with Crippen molar-refractivity contribution in [2.24, 2.45) is 10.8 Å². The van der Waals surface area contributed by atoms with Crippen LogP contribution in [0.5, 0.6) is 0 Å². The summed E-state index contributed by atoms with van der Waals surface area (Å²) in [4.78, 5) is 11.3. The zero-order chi connectivity index (χ0) is 22.0. The van der Waals surface area contributed by atoms with Crippen LogP contribution in [0.3, 0.4) is 0 Å². The molecule has 0 spiro atoms. The molecular formula is C17H14F6N4O2. The first-order valence-corrected chi connectivity index (χ1v) is 7.81. The van der Waals surface area contributed by atoms with Crippen LogP contribution in [0.25, 0.3) is 5.57 Å². The van der Waals surface area contributed by atoms with E-state index in [0.717, 1.165) is 6.20 Å². The maximum Gasteiger partial charge on any atom is 0.416 e. The highest BCUT2D eigenvalue weighted by Crippen LogP contribution is 2.36. The van der Waals surface area contributed by atoms with Crippen LogP contribution >= 0.6 is 0 Å². The molecule has 12 heteroatoms. The molecule has 29 heavy (non-hydrogen) atoms. The number of halogens is 6. The molecule has 1 heterocycles. The van der Waals surface area contributed by atoms with E-state index in [9.17, 15) is 31.1 Å². The van der Waals surface area contributed by atoms with Crippen molar-refractivity contribution in [3.05, 3.63) is 58.1 Å². The fourth-order valence-electron chi connectivity index (χ4n) is 2.40. The average Bonchev–Trinajstić information content (AvgIpc) is 2.95. The molecule has 0 unspecified atom stereocenters. The summed E-state index contributed by atoms with van der Waals surface area (Å²) >= 11 is 0. The molecule has 2 aromatic rings. The second kappa shape index (κ2) is 7.97. The van der Waals surface area contributed by atoms with Crippen LogP contribution < -0.4 is 11.2 Å². The first-order chi connectivity index (χ1) is 13.3. The molecule has 0 saturated heterocycles. The van der Waals surface area contributed by atoms with Gasteiger partial charge in [0.05, 0.1) is 22.4 Å². The van der Waals surface area contributed by atoms with Gasteiger partial charge >= 0.3 is 12.4 Å². The molecule has 156 valence electrons. The highest BCUT2D eigenvalue weighted by molar-refractivity contribution is 6.07. The number of hydrogen-bond donors (Lipinski definition) is 2. The van der Waals surface area contributed by atoms with E-state index in [-0.39, 0.29) is 11.6 Å².